The van der Waals surface area contributed by atoms with E-state index in [4.69, 9.17) is 4.74 Å². The van der Waals surface area contributed by atoms with E-state index in [0.29, 0.717) is 11.3 Å². The highest BCUT2D eigenvalue weighted by molar-refractivity contribution is 5.83. The predicted octanol–water partition coefficient (Wildman–Crippen LogP) is 4.13. The Kier molecular flexibility index (Phi) is 4.35. The van der Waals surface area contributed by atoms with Gasteiger partial charge in [0.25, 0.3) is 0 Å². The van der Waals surface area contributed by atoms with Gasteiger partial charge in [0, 0.05) is 0 Å². The average Bonchev–Trinajstić information content (AvgIpc) is 2.47. The van der Waals surface area contributed by atoms with E-state index in [1.54, 1.807) is 7.11 Å². The molecule has 0 heterocycles. The van der Waals surface area contributed by atoms with Gasteiger partial charge < -0.3 is 4.74 Å². The van der Waals surface area contributed by atoms with E-state index in [2.05, 4.69) is 31.2 Å². The minimum absolute atomic E-state index is 0.581. The molecule has 98 valence electrons. The van der Waals surface area contributed by atoms with Crippen LogP contribution in [-0.2, 0) is 6.42 Å². The van der Waals surface area contributed by atoms with E-state index >= 15 is 0 Å². The molecule has 0 unspecified atom stereocenters. The third-order valence-corrected chi connectivity index (χ3v) is 3.18. The summed E-state index contributed by atoms with van der Waals surface area (Å²) in [6.07, 6.45) is 3.08. The summed E-state index contributed by atoms with van der Waals surface area (Å²) in [6, 6.07) is 14.1. The first-order valence-electron chi connectivity index (χ1n) is 6.51. The summed E-state index contributed by atoms with van der Waals surface area (Å²) < 4.78 is 5.15. The molecule has 0 aromatic heterocycles. The second-order valence-electron chi connectivity index (χ2n) is 4.52. The van der Waals surface area contributed by atoms with Gasteiger partial charge in [-0.2, -0.15) is 0 Å². The van der Waals surface area contributed by atoms with Crippen molar-refractivity contribution in [1.82, 2.24) is 0 Å². The molecule has 0 saturated carbocycles. The first-order valence-corrected chi connectivity index (χ1v) is 6.51. The highest BCUT2D eigenvalue weighted by atomic mass is 16.5. The standard InChI is InChI=1S/C17H18O2/c1-3-4-13-5-7-14(8-6-13)15-9-10-17(19-2)16(11-15)12-18/h5-12H,3-4H2,1-2H3. The SMILES string of the molecule is CCCc1ccc(-c2ccc(OC)c(C=O)c2)cc1. The largest absolute Gasteiger partial charge is 0.496 e. The number of aldehydes is 1. The molecule has 2 heteroatoms. The van der Waals surface area contributed by atoms with Crippen molar-refractivity contribution in [2.24, 2.45) is 0 Å². The Balaban J connectivity index is 2.33. The Morgan fingerprint density at radius 1 is 1.05 bits per heavy atom. The van der Waals surface area contributed by atoms with Gasteiger partial charge in [-0.3, -0.25) is 4.79 Å². The van der Waals surface area contributed by atoms with Crippen LogP contribution in [0.3, 0.4) is 0 Å². The average molecular weight is 254 g/mol. The van der Waals surface area contributed by atoms with Crippen LogP contribution in [0.15, 0.2) is 42.5 Å². The quantitative estimate of drug-likeness (QED) is 0.750. The summed E-state index contributed by atoms with van der Waals surface area (Å²) in [5, 5.41) is 0. The lowest BCUT2D eigenvalue weighted by atomic mass is 10.0. The van der Waals surface area contributed by atoms with Crippen LogP contribution in [0.25, 0.3) is 11.1 Å². The fraction of sp³-hybridized carbons (Fsp3) is 0.235. The molecular formula is C17H18O2. The maximum atomic E-state index is 11.0. The maximum Gasteiger partial charge on any atom is 0.153 e. The molecule has 0 amide bonds. The molecule has 0 N–H and O–H groups in total. The highest BCUT2D eigenvalue weighted by Gasteiger charge is 2.05. The van der Waals surface area contributed by atoms with Crippen molar-refractivity contribution < 1.29 is 9.53 Å². The first-order chi connectivity index (χ1) is 9.28. The predicted molar refractivity (Wildman–Crippen MR) is 77.8 cm³/mol. The van der Waals surface area contributed by atoms with Crippen LogP contribution >= 0.6 is 0 Å². The van der Waals surface area contributed by atoms with E-state index in [1.807, 2.05) is 18.2 Å². The van der Waals surface area contributed by atoms with Gasteiger partial charge in [0.15, 0.2) is 6.29 Å². The Bertz CT molecular complexity index is 556. The van der Waals surface area contributed by atoms with Crippen molar-refractivity contribution in [3.63, 3.8) is 0 Å². The fourth-order valence-electron chi connectivity index (χ4n) is 2.16. The highest BCUT2D eigenvalue weighted by Crippen LogP contribution is 2.26. The second-order valence-corrected chi connectivity index (χ2v) is 4.52. The number of ether oxygens (including phenoxy) is 1. The number of hydrogen-bond donors (Lipinski definition) is 0. The van der Waals surface area contributed by atoms with E-state index in [-0.39, 0.29) is 0 Å². The topological polar surface area (TPSA) is 26.3 Å². The van der Waals surface area contributed by atoms with Crippen LogP contribution in [0.2, 0.25) is 0 Å². The van der Waals surface area contributed by atoms with Gasteiger partial charge in [0.1, 0.15) is 5.75 Å². The smallest absolute Gasteiger partial charge is 0.153 e. The summed E-state index contributed by atoms with van der Waals surface area (Å²) in [6.45, 7) is 2.17. The molecule has 2 aromatic rings. The van der Waals surface area contributed by atoms with E-state index in [0.717, 1.165) is 30.3 Å². The van der Waals surface area contributed by atoms with Crippen LogP contribution in [0.1, 0.15) is 29.3 Å². The molecule has 2 aromatic carbocycles. The van der Waals surface area contributed by atoms with E-state index < -0.39 is 0 Å². The number of aryl methyl sites for hydroxylation is 1. The molecule has 2 rings (SSSR count). The van der Waals surface area contributed by atoms with E-state index in [1.165, 1.54) is 5.56 Å². The van der Waals surface area contributed by atoms with Gasteiger partial charge >= 0.3 is 0 Å². The fourth-order valence-corrected chi connectivity index (χ4v) is 2.16. The molecule has 19 heavy (non-hydrogen) atoms. The minimum atomic E-state index is 0.581. The normalized spacial score (nSPS) is 10.2. The molecule has 0 aliphatic rings. The summed E-state index contributed by atoms with van der Waals surface area (Å²) in [7, 11) is 1.57. The Morgan fingerprint density at radius 3 is 2.32 bits per heavy atom. The van der Waals surface area contributed by atoms with Gasteiger partial charge in [0.2, 0.25) is 0 Å². The van der Waals surface area contributed by atoms with Crippen molar-refractivity contribution in [1.29, 1.82) is 0 Å². The molecule has 0 atom stereocenters. The monoisotopic (exact) mass is 254 g/mol. The summed E-state index contributed by atoms with van der Waals surface area (Å²) >= 11 is 0. The van der Waals surface area contributed by atoms with Crippen molar-refractivity contribution in [2.45, 2.75) is 19.8 Å². The maximum absolute atomic E-state index is 11.0. The van der Waals surface area contributed by atoms with Gasteiger partial charge in [-0.1, -0.05) is 43.7 Å². The molecule has 2 nitrogen and oxygen atoms in total. The summed E-state index contributed by atoms with van der Waals surface area (Å²) in [4.78, 5) is 11.0. The summed E-state index contributed by atoms with van der Waals surface area (Å²) in [5.74, 6) is 0.612. The number of methoxy groups -OCH3 is 1. The zero-order valence-electron chi connectivity index (χ0n) is 11.3. The zero-order chi connectivity index (χ0) is 13.7. The van der Waals surface area contributed by atoms with Crippen LogP contribution < -0.4 is 4.74 Å². The number of carbonyl (C=O) groups excluding carboxylic acids is 1. The third kappa shape index (κ3) is 3.02. The van der Waals surface area contributed by atoms with Gasteiger partial charge in [-0.05, 0) is 35.2 Å². The van der Waals surface area contributed by atoms with Gasteiger partial charge in [-0.25, -0.2) is 0 Å². The lowest BCUT2D eigenvalue weighted by Gasteiger charge is -2.07. The van der Waals surface area contributed by atoms with Crippen LogP contribution in [-0.4, -0.2) is 13.4 Å². The molecule has 0 bridgehead atoms. The van der Waals surface area contributed by atoms with E-state index in [9.17, 15) is 4.79 Å². The van der Waals surface area contributed by atoms with Crippen molar-refractivity contribution in [3.8, 4) is 16.9 Å². The van der Waals surface area contributed by atoms with Gasteiger partial charge in [0.05, 0.1) is 12.7 Å². The van der Waals surface area contributed by atoms with Crippen LogP contribution in [0.4, 0.5) is 0 Å². The van der Waals surface area contributed by atoms with Crippen molar-refractivity contribution >= 4 is 6.29 Å². The molecule has 0 spiro atoms. The lowest BCUT2D eigenvalue weighted by Crippen LogP contribution is -1.91. The van der Waals surface area contributed by atoms with Crippen LogP contribution in [0.5, 0.6) is 5.75 Å². The number of carbonyl (C=O) groups is 1. The number of benzene rings is 2. The third-order valence-electron chi connectivity index (χ3n) is 3.18. The minimum Gasteiger partial charge on any atom is -0.496 e. The number of rotatable bonds is 5. The van der Waals surface area contributed by atoms with Crippen molar-refractivity contribution in [2.75, 3.05) is 7.11 Å². The molecular weight excluding hydrogens is 236 g/mol. The second kappa shape index (κ2) is 6.19. The van der Waals surface area contributed by atoms with Crippen LogP contribution in [0, 0.1) is 0 Å². The van der Waals surface area contributed by atoms with Crippen molar-refractivity contribution in [3.05, 3.63) is 53.6 Å². The number of hydrogen-bond acceptors (Lipinski definition) is 2. The molecule has 0 saturated heterocycles. The zero-order valence-corrected chi connectivity index (χ0v) is 11.3. The Hall–Kier alpha value is -2.09. The first kappa shape index (κ1) is 13.3. The lowest BCUT2D eigenvalue weighted by molar-refractivity contribution is 0.112. The Labute approximate surface area is 114 Å². The summed E-state index contributed by atoms with van der Waals surface area (Å²) in [5.41, 5.74) is 4.07. The van der Waals surface area contributed by atoms with Gasteiger partial charge in [-0.15, -0.1) is 0 Å². The molecule has 0 aliphatic heterocycles. The Morgan fingerprint density at radius 2 is 1.74 bits per heavy atom. The molecule has 0 radical (unpaired) electrons. The molecule has 0 fully saturated rings. The molecule has 0 aliphatic carbocycles.